The van der Waals surface area contributed by atoms with Crippen LogP contribution in [0.3, 0.4) is 0 Å². The van der Waals surface area contributed by atoms with Crippen molar-refractivity contribution in [3.63, 3.8) is 0 Å². The molecule has 4 nitrogen and oxygen atoms in total. The fourth-order valence-electron chi connectivity index (χ4n) is 0.907. The molecule has 0 aromatic heterocycles. The van der Waals surface area contributed by atoms with Gasteiger partial charge in [-0.3, -0.25) is 4.99 Å². The Morgan fingerprint density at radius 2 is 2.13 bits per heavy atom. The highest BCUT2D eigenvalue weighted by atomic mass is 15.1. The number of amidine groups is 1. The summed E-state index contributed by atoms with van der Waals surface area (Å²) in [5, 5.41) is 0. The first-order valence-corrected chi connectivity index (χ1v) is 4.41. The molecule has 1 rings (SSSR count). The normalized spacial score (nSPS) is 17.7. The highest BCUT2D eigenvalue weighted by Gasteiger charge is 1.91. The van der Waals surface area contributed by atoms with Crippen LogP contribution in [0.15, 0.2) is 40.3 Å². The van der Waals surface area contributed by atoms with E-state index in [0.29, 0.717) is 5.56 Å². The predicted molar refractivity (Wildman–Crippen MR) is 63.9 cm³/mol. The van der Waals surface area contributed by atoms with Crippen molar-refractivity contribution in [2.24, 2.45) is 21.5 Å². The third kappa shape index (κ3) is 4.81. The lowest BCUT2D eigenvalue weighted by Crippen LogP contribution is -2.16. The van der Waals surface area contributed by atoms with E-state index in [1.807, 2.05) is 0 Å². The minimum atomic E-state index is -1.97. The maximum atomic E-state index is 7.75. The van der Waals surface area contributed by atoms with Gasteiger partial charge in [0.25, 0.3) is 0 Å². The zero-order chi connectivity index (χ0) is 14.6. The number of hydrogen-bond acceptors (Lipinski definition) is 1. The Morgan fingerprint density at radius 3 is 2.73 bits per heavy atom. The maximum Gasteiger partial charge on any atom is 0.216 e. The van der Waals surface area contributed by atoms with Crippen LogP contribution in [-0.4, -0.2) is 18.3 Å². The number of benzene rings is 1. The summed E-state index contributed by atoms with van der Waals surface area (Å²) in [6, 6.07) is 4.66. The number of nitrogens with zero attached hydrogens (tertiary/aromatic N) is 2. The van der Waals surface area contributed by atoms with Crippen LogP contribution >= 0.6 is 0 Å². The largest absolute Gasteiger partial charge is 0.387 e. The van der Waals surface area contributed by atoms with E-state index < -0.39 is 6.50 Å². The lowest BCUT2D eigenvalue weighted by atomic mass is 10.2. The minimum Gasteiger partial charge on any atom is -0.387 e. The van der Waals surface area contributed by atoms with E-state index in [9.17, 15) is 0 Å². The van der Waals surface area contributed by atoms with Gasteiger partial charge in [0.15, 0.2) is 0 Å². The Bertz CT molecular complexity index is 501. The van der Waals surface area contributed by atoms with E-state index in [1.165, 1.54) is 25.1 Å². The molecule has 0 fully saturated rings. The summed E-state index contributed by atoms with van der Waals surface area (Å²) < 4.78 is 30.4. The number of aliphatic imine (C=N–C) groups is 2. The molecule has 0 unspecified atom stereocenters. The molecule has 0 atom stereocenters. The van der Waals surface area contributed by atoms with Crippen LogP contribution in [0.5, 0.6) is 0 Å². The predicted octanol–water partition coefficient (Wildman–Crippen LogP) is 0.921. The zero-order valence-electron chi connectivity index (χ0n) is 12.5. The second-order valence-corrected chi connectivity index (χ2v) is 2.90. The molecule has 1 aromatic carbocycles. The Morgan fingerprint density at radius 1 is 1.47 bits per heavy atom. The van der Waals surface area contributed by atoms with Crippen molar-refractivity contribution in [3.05, 3.63) is 35.8 Å². The molecule has 15 heavy (non-hydrogen) atoms. The lowest BCUT2D eigenvalue weighted by Gasteiger charge is -1.97. The molecule has 0 aliphatic heterocycles. The summed E-state index contributed by atoms with van der Waals surface area (Å²) in [7, 11) is 0. The molecule has 0 aliphatic rings. The van der Waals surface area contributed by atoms with Crippen LogP contribution < -0.4 is 11.5 Å². The molecule has 0 amide bonds. The van der Waals surface area contributed by atoms with E-state index >= 15 is 0 Å². The first-order valence-electron chi connectivity index (χ1n) is 6.41. The Labute approximate surface area is 95.3 Å². The van der Waals surface area contributed by atoms with Gasteiger partial charge in [-0.1, -0.05) is 30.3 Å². The molecule has 0 aliphatic carbocycles. The van der Waals surface area contributed by atoms with E-state index in [1.54, 1.807) is 0 Å². The van der Waals surface area contributed by atoms with Gasteiger partial charge in [0.1, 0.15) is 0 Å². The quantitative estimate of drug-likeness (QED) is 0.572. The Hall–Kier alpha value is -1.84. The number of nitrogens with two attached hydrogens (primary N) is 2. The van der Waals surface area contributed by atoms with E-state index in [-0.39, 0.29) is 30.3 Å². The summed E-state index contributed by atoms with van der Waals surface area (Å²) >= 11 is 0. The second kappa shape index (κ2) is 5.80. The Balaban J connectivity index is 2.93. The number of aryl methyl sites for hydroxylation is 1. The third-order valence-electron chi connectivity index (χ3n) is 1.47. The van der Waals surface area contributed by atoms with E-state index in [2.05, 4.69) is 9.98 Å². The molecule has 80 valence electrons. The SMILES string of the molecule is [2H]c1cc([2H])cc(CC([2H])([2H])N=C(N)N=C(C)N)c1. The van der Waals surface area contributed by atoms with E-state index in [0.717, 1.165) is 0 Å². The van der Waals surface area contributed by atoms with Crippen LogP contribution in [0.25, 0.3) is 0 Å². The topological polar surface area (TPSA) is 76.8 Å². The van der Waals surface area contributed by atoms with Gasteiger partial charge < -0.3 is 11.5 Å². The van der Waals surface area contributed by atoms with Crippen molar-refractivity contribution in [2.45, 2.75) is 13.3 Å². The van der Waals surface area contributed by atoms with Crippen LogP contribution in [0.1, 0.15) is 18.0 Å². The molecule has 0 bridgehead atoms. The number of hydrogen-bond donors (Lipinski definition) is 2. The molecular formula is C11H16N4. The van der Waals surface area contributed by atoms with Gasteiger partial charge in [0, 0.05) is 6.50 Å². The standard InChI is InChI=1S/C11H16N4/c1-9(12)15-11(13)14-8-7-10-5-3-2-4-6-10/h2-6H,7-8H2,1H3,(H4,12,13,14,15)/i3D,4D,8D2. The molecule has 0 spiro atoms. The number of guanidine groups is 1. The van der Waals surface area contributed by atoms with Crippen molar-refractivity contribution in [1.29, 1.82) is 0 Å². The lowest BCUT2D eigenvalue weighted by molar-refractivity contribution is 0.962. The van der Waals surface area contributed by atoms with Crippen molar-refractivity contribution in [2.75, 3.05) is 6.50 Å². The van der Waals surface area contributed by atoms with Crippen molar-refractivity contribution >= 4 is 11.8 Å². The smallest absolute Gasteiger partial charge is 0.216 e. The van der Waals surface area contributed by atoms with Crippen molar-refractivity contribution in [3.8, 4) is 0 Å². The first kappa shape index (κ1) is 6.61. The van der Waals surface area contributed by atoms with Crippen LogP contribution in [0.4, 0.5) is 0 Å². The van der Waals surface area contributed by atoms with Crippen LogP contribution in [-0.2, 0) is 6.42 Å². The summed E-state index contributed by atoms with van der Waals surface area (Å²) in [6.45, 7) is -0.447. The molecule has 4 heteroatoms. The zero-order valence-corrected chi connectivity index (χ0v) is 8.49. The second-order valence-electron chi connectivity index (χ2n) is 2.90. The highest BCUT2D eigenvalue weighted by Crippen LogP contribution is 1.99. The molecular weight excluding hydrogens is 188 g/mol. The monoisotopic (exact) mass is 208 g/mol. The van der Waals surface area contributed by atoms with Crippen molar-refractivity contribution < 1.29 is 5.48 Å². The molecule has 0 saturated carbocycles. The average molecular weight is 208 g/mol. The molecule has 0 radical (unpaired) electrons. The molecule has 0 heterocycles. The van der Waals surface area contributed by atoms with Gasteiger partial charge in [0.2, 0.25) is 5.96 Å². The average Bonchev–Trinajstić information content (AvgIpc) is 2.10. The van der Waals surface area contributed by atoms with Gasteiger partial charge >= 0.3 is 0 Å². The fourth-order valence-corrected chi connectivity index (χ4v) is 0.907. The van der Waals surface area contributed by atoms with Crippen LogP contribution in [0.2, 0.25) is 0 Å². The highest BCUT2D eigenvalue weighted by molar-refractivity contribution is 5.93. The van der Waals surface area contributed by atoms with Gasteiger partial charge in [-0.2, -0.15) is 0 Å². The maximum absolute atomic E-state index is 7.75. The number of rotatable bonds is 3. The first-order chi connectivity index (χ1) is 8.68. The minimum absolute atomic E-state index is 0.0918. The fraction of sp³-hybridized carbons (Fsp3) is 0.273. The van der Waals surface area contributed by atoms with Crippen molar-refractivity contribution in [1.82, 2.24) is 0 Å². The van der Waals surface area contributed by atoms with Gasteiger partial charge in [-0.15, -0.1) is 0 Å². The summed E-state index contributed by atoms with van der Waals surface area (Å²) in [5.41, 5.74) is 11.3. The Kier molecular flexibility index (Phi) is 2.55. The van der Waals surface area contributed by atoms with Crippen LogP contribution in [0, 0.1) is 0 Å². The summed E-state index contributed by atoms with van der Waals surface area (Å²) in [5.74, 6) is -0.0447. The molecule has 0 saturated heterocycles. The molecule has 1 aromatic rings. The third-order valence-corrected chi connectivity index (χ3v) is 1.47. The summed E-state index contributed by atoms with van der Waals surface area (Å²) in [4.78, 5) is 7.29. The van der Waals surface area contributed by atoms with E-state index in [4.69, 9.17) is 17.0 Å². The molecule has 4 N–H and O–H groups in total. The van der Waals surface area contributed by atoms with Gasteiger partial charge in [-0.25, -0.2) is 4.99 Å². The van der Waals surface area contributed by atoms with Gasteiger partial charge in [-0.05, 0) is 18.9 Å². The summed E-state index contributed by atoms with van der Waals surface area (Å²) in [6.07, 6.45) is -0.0918. The van der Waals surface area contributed by atoms with Gasteiger partial charge in [0.05, 0.1) is 11.3 Å².